The zero-order valence-electron chi connectivity index (χ0n) is 8.38. The summed E-state index contributed by atoms with van der Waals surface area (Å²) in [4.78, 5) is 24.1. The molecule has 0 unspecified atom stereocenters. The molecule has 1 aliphatic heterocycles. The molecule has 0 radical (unpaired) electrons. The summed E-state index contributed by atoms with van der Waals surface area (Å²) >= 11 is 0. The Kier molecular flexibility index (Phi) is 3.46. The summed E-state index contributed by atoms with van der Waals surface area (Å²) in [5.41, 5.74) is 0. The van der Waals surface area contributed by atoms with Gasteiger partial charge in [0.05, 0.1) is 6.42 Å². The number of carbonyl (C=O) groups is 2. The van der Waals surface area contributed by atoms with E-state index < -0.39 is 0 Å². The Balaban J connectivity index is 2.48. The topological polar surface area (TPSA) is 37.4 Å². The Labute approximate surface area is 79.1 Å². The Morgan fingerprint density at radius 1 is 1.38 bits per heavy atom. The molecule has 1 rings (SSSR count). The molecule has 0 spiro atoms. The minimum atomic E-state index is -0.0391. The first kappa shape index (κ1) is 10.2. The Morgan fingerprint density at radius 2 is 2.08 bits per heavy atom. The Bertz CT molecular complexity index is 213. The van der Waals surface area contributed by atoms with E-state index in [4.69, 9.17) is 0 Å². The average Bonchev–Trinajstić information content (AvgIpc) is 2.03. The predicted octanol–water partition coefficient (Wildman–Crippen LogP) is 1.37. The molecule has 0 N–H and O–H groups in total. The van der Waals surface area contributed by atoms with Gasteiger partial charge in [-0.2, -0.15) is 0 Å². The van der Waals surface area contributed by atoms with Crippen LogP contribution in [0.2, 0.25) is 0 Å². The molecule has 74 valence electrons. The number of Topliss-reactive ketones (excluding diaryl/α,β-unsaturated/α-hetero) is 1. The summed E-state index contributed by atoms with van der Waals surface area (Å²) in [5, 5.41) is 0. The van der Waals surface area contributed by atoms with Gasteiger partial charge in [0, 0.05) is 12.6 Å². The van der Waals surface area contributed by atoms with Crippen molar-refractivity contribution in [1.29, 1.82) is 0 Å². The van der Waals surface area contributed by atoms with Crippen LogP contribution in [0.15, 0.2) is 0 Å². The molecule has 1 amide bonds. The summed E-state index contributed by atoms with van der Waals surface area (Å²) in [6.45, 7) is 4.34. The Hall–Kier alpha value is -0.860. The predicted molar refractivity (Wildman–Crippen MR) is 50.3 cm³/mol. The summed E-state index contributed by atoms with van der Waals surface area (Å²) < 4.78 is 0. The molecule has 1 aliphatic rings. The van der Waals surface area contributed by atoms with Crippen LogP contribution >= 0.6 is 0 Å². The molecule has 1 fully saturated rings. The third-order valence-electron chi connectivity index (χ3n) is 2.52. The van der Waals surface area contributed by atoms with Crippen molar-refractivity contribution < 1.29 is 9.59 Å². The number of likely N-dealkylation sites (tertiary alicyclic amines) is 1. The second-order valence-electron chi connectivity index (χ2n) is 3.81. The lowest BCUT2D eigenvalue weighted by Crippen LogP contribution is -2.42. The molecule has 1 saturated heterocycles. The first-order valence-electron chi connectivity index (χ1n) is 4.90. The highest BCUT2D eigenvalue weighted by atomic mass is 16.2. The van der Waals surface area contributed by atoms with Crippen molar-refractivity contribution in [3.05, 3.63) is 0 Å². The number of hydrogen-bond acceptors (Lipinski definition) is 2. The molecule has 0 saturated carbocycles. The monoisotopic (exact) mass is 183 g/mol. The van der Waals surface area contributed by atoms with Crippen LogP contribution in [-0.4, -0.2) is 29.2 Å². The fourth-order valence-electron chi connectivity index (χ4n) is 1.78. The van der Waals surface area contributed by atoms with Crippen LogP contribution in [-0.2, 0) is 9.59 Å². The van der Waals surface area contributed by atoms with Gasteiger partial charge >= 0.3 is 0 Å². The summed E-state index contributed by atoms with van der Waals surface area (Å²) in [6, 6.07) is 0.320. The third-order valence-corrected chi connectivity index (χ3v) is 2.52. The smallest absolute Gasteiger partial charge is 0.230 e. The quantitative estimate of drug-likeness (QED) is 0.606. The van der Waals surface area contributed by atoms with Gasteiger partial charge in [0.2, 0.25) is 5.91 Å². The number of piperidine rings is 1. The van der Waals surface area contributed by atoms with Gasteiger partial charge in [-0.05, 0) is 33.1 Å². The molecule has 13 heavy (non-hydrogen) atoms. The van der Waals surface area contributed by atoms with Crippen LogP contribution in [0.3, 0.4) is 0 Å². The van der Waals surface area contributed by atoms with Crippen molar-refractivity contribution in [3.63, 3.8) is 0 Å². The zero-order valence-corrected chi connectivity index (χ0v) is 8.38. The number of ketones is 1. The number of rotatable bonds is 2. The van der Waals surface area contributed by atoms with Crippen LogP contribution in [0.5, 0.6) is 0 Å². The van der Waals surface area contributed by atoms with E-state index in [9.17, 15) is 9.59 Å². The molecule has 0 bridgehead atoms. The van der Waals surface area contributed by atoms with Gasteiger partial charge < -0.3 is 4.90 Å². The van der Waals surface area contributed by atoms with Crippen LogP contribution in [0.1, 0.15) is 39.5 Å². The standard InChI is InChI=1S/C10H17NO2/c1-8-5-3-4-6-11(8)10(13)7-9(2)12/h8H,3-7H2,1-2H3/t8-/m0/s1. The van der Waals surface area contributed by atoms with Gasteiger partial charge in [0.25, 0.3) is 0 Å². The van der Waals surface area contributed by atoms with E-state index in [1.807, 2.05) is 4.90 Å². The Morgan fingerprint density at radius 3 is 2.62 bits per heavy atom. The third kappa shape index (κ3) is 2.83. The van der Waals surface area contributed by atoms with Crippen molar-refractivity contribution in [2.45, 2.75) is 45.6 Å². The number of carbonyl (C=O) groups excluding carboxylic acids is 2. The molecule has 1 atom stereocenters. The van der Waals surface area contributed by atoms with Gasteiger partial charge in [-0.15, -0.1) is 0 Å². The van der Waals surface area contributed by atoms with E-state index in [-0.39, 0.29) is 18.1 Å². The molecule has 0 aromatic heterocycles. The number of hydrogen-bond donors (Lipinski definition) is 0. The molecule has 0 aromatic carbocycles. The molecule has 3 nitrogen and oxygen atoms in total. The van der Waals surface area contributed by atoms with Gasteiger partial charge in [0.15, 0.2) is 0 Å². The van der Waals surface area contributed by atoms with Crippen molar-refractivity contribution >= 4 is 11.7 Å². The second kappa shape index (κ2) is 4.40. The highest BCUT2D eigenvalue weighted by Crippen LogP contribution is 2.17. The zero-order chi connectivity index (χ0) is 9.84. The van der Waals surface area contributed by atoms with E-state index in [1.165, 1.54) is 13.3 Å². The maximum atomic E-state index is 11.5. The van der Waals surface area contributed by atoms with Gasteiger partial charge in [0.1, 0.15) is 5.78 Å². The van der Waals surface area contributed by atoms with E-state index in [2.05, 4.69) is 6.92 Å². The van der Waals surface area contributed by atoms with Crippen molar-refractivity contribution in [2.24, 2.45) is 0 Å². The average molecular weight is 183 g/mol. The number of amides is 1. The normalized spacial score (nSPS) is 22.9. The first-order chi connectivity index (χ1) is 6.11. The van der Waals surface area contributed by atoms with E-state index >= 15 is 0 Å². The van der Waals surface area contributed by atoms with Crippen LogP contribution in [0, 0.1) is 0 Å². The lowest BCUT2D eigenvalue weighted by molar-refractivity contribution is -0.137. The van der Waals surface area contributed by atoms with E-state index in [0.29, 0.717) is 6.04 Å². The first-order valence-corrected chi connectivity index (χ1v) is 4.90. The van der Waals surface area contributed by atoms with Crippen molar-refractivity contribution in [3.8, 4) is 0 Å². The number of nitrogens with zero attached hydrogens (tertiary/aromatic N) is 1. The van der Waals surface area contributed by atoms with Gasteiger partial charge in [-0.25, -0.2) is 0 Å². The highest BCUT2D eigenvalue weighted by molar-refractivity contribution is 5.96. The lowest BCUT2D eigenvalue weighted by atomic mass is 10.0. The lowest BCUT2D eigenvalue weighted by Gasteiger charge is -2.33. The second-order valence-corrected chi connectivity index (χ2v) is 3.81. The van der Waals surface area contributed by atoms with E-state index in [0.717, 1.165) is 19.4 Å². The van der Waals surface area contributed by atoms with Crippen LogP contribution in [0.25, 0.3) is 0 Å². The molecule has 3 heteroatoms. The largest absolute Gasteiger partial charge is 0.340 e. The molecule has 0 aromatic rings. The molecular weight excluding hydrogens is 166 g/mol. The molecule has 1 heterocycles. The van der Waals surface area contributed by atoms with Gasteiger partial charge in [-0.1, -0.05) is 0 Å². The maximum Gasteiger partial charge on any atom is 0.230 e. The fraction of sp³-hybridized carbons (Fsp3) is 0.800. The fourth-order valence-corrected chi connectivity index (χ4v) is 1.78. The summed E-state index contributed by atoms with van der Waals surface area (Å²) in [6.07, 6.45) is 3.42. The van der Waals surface area contributed by atoms with Crippen molar-refractivity contribution in [1.82, 2.24) is 4.90 Å². The minimum absolute atomic E-state index is 0.000278. The highest BCUT2D eigenvalue weighted by Gasteiger charge is 2.23. The molecular formula is C10H17NO2. The van der Waals surface area contributed by atoms with Gasteiger partial charge in [-0.3, -0.25) is 9.59 Å². The SMILES string of the molecule is CC(=O)CC(=O)N1CCCC[C@@H]1C. The maximum absolute atomic E-state index is 11.5. The minimum Gasteiger partial charge on any atom is -0.340 e. The van der Waals surface area contributed by atoms with Crippen LogP contribution < -0.4 is 0 Å². The summed E-state index contributed by atoms with van der Waals surface area (Å²) in [7, 11) is 0. The molecule has 0 aliphatic carbocycles. The summed E-state index contributed by atoms with van der Waals surface area (Å²) in [5.74, 6) is -0.0394. The van der Waals surface area contributed by atoms with Crippen molar-refractivity contribution in [2.75, 3.05) is 6.54 Å². The van der Waals surface area contributed by atoms with E-state index in [1.54, 1.807) is 0 Å². The van der Waals surface area contributed by atoms with Crippen LogP contribution in [0.4, 0.5) is 0 Å².